The molecule has 0 radical (unpaired) electrons. The Labute approximate surface area is 101 Å². The van der Waals surface area contributed by atoms with E-state index in [-0.39, 0.29) is 17.9 Å². The first kappa shape index (κ1) is 13.5. The van der Waals surface area contributed by atoms with Crippen molar-refractivity contribution in [1.82, 2.24) is 5.32 Å². The van der Waals surface area contributed by atoms with Crippen molar-refractivity contribution < 1.29 is 19.1 Å². The number of ether oxygens (including phenoxy) is 2. The summed E-state index contributed by atoms with van der Waals surface area (Å²) in [6.07, 6.45) is 3.57. The lowest BCUT2D eigenvalue weighted by Gasteiger charge is -2.21. The molecule has 1 aliphatic carbocycles. The molecule has 0 saturated heterocycles. The molecular weight excluding hydrogens is 222 g/mol. The van der Waals surface area contributed by atoms with E-state index in [1.807, 2.05) is 0 Å². The quantitative estimate of drug-likeness (QED) is 0.589. The number of esters is 1. The molecule has 1 aliphatic rings. The third kappa shape index (κ3) is 4.46. The van der Waals surface area contributed by atoms with Crippen LogP contribution in [0, 0.1) is 5.92 Å². The van der Waals surface area contributed by atoms with Gasteiger partial charge in [0.25, 0.3) is 0 Å². The molecule has 1 amide bonds. The smallest absolute Gasteiger partial charge is 0.408 e. The Bertz CT molecular complexity index is 330. The Kier molecular flexibility index (Phi) is 4.15. The highest BCUT2D eigenvalue weighted by Crippen LogP contribution is 2.19. The molecule has 0 fully saturated rings. The zero-order valence-corrected chi connectivity index (χ0v) is 10.6. The van der Waals surface area contributed by atoms with Crippen LogP contribution >= 0.6 is 0 Å². The number of hydrogen-bond donors (Lipinski definition) is 1. The molecular formula is C12H19NO4. The minimum Gasteiger partial charge on any atom is -0.469 e. The largest absolute Gasteiger partial charge is 0.469 e. The Balaban J connectivity index is 2.39. The van der Waals surface area contributed by atoms with Crippen LogP contribution < -0.4 is 5.32 Å². The maximum atomic E-state index is 11.5. The van der Waals surface area contributed by atoms with E-state index in [1.54, 1.807) is 32.9 Å². The summed E-state index contributed by atoms with van der Waals surface area (Å²) in [5.74, 6) is -0.560. The second-order valence-electron chi connectivity index (χ2n) is 5.00. The molecule has 1 rings (SSSR count). The van der Waals surface area contributed by atoms with Crippen molar-refractivity contribution in [2.75, 3.05) is 7.11 Å². The lowest BCUT2D eigenvalue weighted by molar-refractivity contribution is -0.143. The van der Waals surface area contributed by atoms with Crippen molar-refractivity contribution in [3.8, 4) is 0 Å². The first-order chi connectivity index (χ1) is 7.81. The predicted molar refractivity (Wildman–Crippen MR) is 62.4 cm³/mol. The van der Waals surface area contributed by atoms with Crippen molar-refractivity contribution in [2.45, 2.75) is 38.8 Å². The summed E-state index contributed by atoms with van der Waals surface area (Å²) in [5.41, 5.74) is -0.520. The van der Waals surface area contributed by atoms with Crippen LogP contribution in [0.2, 0.25) is 0 Å². The Morgan fingerprint density at radius 3 is 2.47 bits per heavy atom. The molecule has 1 N–H and O–H groups in total. The molecule has 0 aromatic carbocycles. The van der Waals surface area contributed by atoms with Gasteiger partial charge in [-0.2, -0.15) is 0 Å². The summed E-state index contributed by atoms with van der Waals surface area (Å²) in [5, 5.41) is 2.69. The van der Waals surface area contributed by atoms with Gasteiger partial charge < -0.3 is 14.8 Å². The molecule has 2 unspecified atom stereocenters. The SMILES string of the molecule is COC(=O)C1C=CC(NC(=O)OC(C)(C)C)C1. The number of carbonyl (C=O) groups is 2. The fraction of sp³-hybridized carbons (Fsp3) is 0.667. The van der Waals surface area contributed by atoms with Crippen molar-refractivity contribution in [2.24, 2.45) is 5.92 Å². The lowest BCUT2D eigenvalue weighted by Crippen LogP contribution is -2.38. The molecule has 5 nitrogen and oxygen atoms in total. The van der Waals surface area contributed by atoms with E-state index in [0.29, 0.717) is 6.42 Å². The third-order valence-electron chi connectivity index (χ3n) is 2.29. The molecule has 0 heterocycles. The van der Waals surface area contributed by atoms with Crippen molar-refractivity contribution in [3.05, 3.63) is 12.2 Å². The molecule has 96 valence electrons. The van der Waals surface area contributed by atoms with Gasteiger partial charge in [-0.05, 0) is 27.2 Å². The van der Waals surface area contributed by atoms with Crippen LogP contribution in [-0.4, -0.2) is 30.8 Å². The monoisotopic (exact) mass is 241 g/mol. The van der Waals surface area contributed by atoms with Gasteiger partial charge in [0, 0.05) is 0 Å². The van der Waals surface area contributed by atoms with Crippen LogP contribution in [0.5, 0.6) is 0 Å². The van der Waals surface area contributed by atoms with Crippen LogP contribution in [0.3, 0.4) is 0 Å². The minimum atomic E-state index is -0.520. The summed E-state index contributed by atoms with van der Waals surface area (Å²) >= 11 is 0. The van der Waals surface area contributed by atoms with Gasteiger partial charge in [0.05, 0.1) is 19.1 Å². The summed E-state index contributed by atoms with van der Waals surface area (Å²) < 4.78 is 9.76. The number of amides is 1. The minimum absolute atomic E-state index is 0.172. The highest BCUT2D eigenvalue weighted by molar-refractivity contribution is 5.75. The molecule has 17 heavy (non-hydrogen) atoms. The van der Waals surface area contributed by atoms with Gasteiger partial charge in [-0.3, -0.25) is 4.79 Å². The van der Waals surface area contributed by atoms with Crippen molar-refractivity contribution in [3.63, 3.8) is 0 Å². The van der Waals surface area contributed by atoms with Crippen molar-refractivity contribution in [1.29, 1.82) is 0 Å². The first-order valence-corrected chi connectivity index (χ1v) is 5.57. The molecule has 5 heteroatoms. The van der Waals surface area contributed by atoms with E-state index in [4.69, 9.17) is 4.74 Å². The van der Waals surface area contributed by atoms with E-state index in [1.165, 1.54) is 7.11 Å². The van der Waals surface area contributed by atoms with E-state index < -0.39 is 11.7 Å². The van der Waals surface area contributed by atoms with Crippen LogP contribution in [0.1, 0.15) is 27.2 Å². The maximum absolute atomic E-state index is 11.5. The van der Waals surface area contributed by atoms with Gasteiger partial charge in [-0.1, -0.05) is 12.2 Å². The van der Waals surface area contributed by atoms with E-state index >= 15 is 0 Å². The average Bonchev–Trinajstić information content (AvgIpc) is 2.62. The fourth-order valence-electron chi connectivity index (χ4n) is 1.59. The third-order valence-corrected chi connectivity index (χ3v) is 2.29. The van der Waals surface area contributed by atoms with Gasteiger partial charge in [0.2, 0.25) is 0 Å². The topological polar surface area (TPSA) is 64.6 Å². The highest BCUT2D eigenvalue weighted by atomic mass is 16.6. The molecule has 2 atom stereocenters. The van der Waals surface area contributed by atoms with E-state index in [2.05, 4.69) is 10.1 Å². The summed E-state index contributed by atoms with van der Waals surface area (Å²) in [7, 11) is 1.35. The van der Waals surface area contributed by atoms with Gasteiger partial charge in [-0.25, -0.2) is 4.79 Å². The molecule has 0 spiro atoms. The lowest BCUT2D eigenvalue weighted by atomic mass is 10.1. The highest BCUT2D eigenvalue weighted by Gasteiger charge is 2.27. The number of nitrogens with one attached hydrogen (secondary N) is 1. The van der Waals surface area contributed by atoms with Gasteiger partial charge in [0.1, 0.15) is 5.60 Å². The summed E-state index contributed by atoms with van der Waals surface area (Å²) in [6.45, 7) is 5.40. The number of rotatable bonds is 2. The zero-order valence-electron chi connectivity index (χ0n) is 10.6. The number of hydrogen-bond acceptors (Lipinski definition) is 4. The van der Waals surface area contributed by atoms with Gasteiger partial charge in [0.15, 0.2) is 0 Å². The van der Waals surface area contributed by atoms with Gasteiger partial charge >= 0.3 is 12.1 Å². The Morgan fingerprint density at radius 2 is 1.94 bits per heavy atom. The molecule has 0 bridgehead atoms. The van der Waals surface area contributed by atoms with Crippen LogP contribution in [0.4, 0.5) is 4.79 Å². The number of alkyl carbamates (subject to hydrolysis) is 1. The molecule has 0 aliphatic heterocycles. The van der Waals surface area contributed by atoms with Crippen LogP contribution in [0.25, 0.3) is 0 Å². The predicted octanol–water partition coefficient (Wildman–Crippen LogP) is 1.63. The zero-order chi connectivity index (χ0) is 13.1. The Hall–Kier alpha value is -1.52. The number of carbonyl (C=O) groups excluding carboxylic acids is 2. The molecule has 0 aromatic rings. The van der Waals surface area contributed by atoms with Crippen LogP contribution in [0.15, 0.2) is 12.2 Å². The second-order valence-corrected chi connectivity index (χ2v) is 5.00. The first-order valence-electron chi connectivity index (χ1n) is 5.57. The van der Waals surface area contributed by atoms with E-state index in [0.717, 1.165) is 0 Å². The fourth-order valence-corrected chi connectivity index (χ4v) is 1.59. The second kappa shape index (κ2) is 5.21. The maximum Gasteiger partial charge on any atom is 0.408 e. The van der Waals surface area contributed by atoms with E-state index in [9.17, 15) is 9.59 Å². The Morgan fingerprint density at radius 1 is 1.29 bits per heavy atom. The van der Waals surface area contributed by atoms with Crippen LogP contribution in [-0.2, 0) is 14.3 Å². The number of methoxy groups -OCH3 is 1. The standard InChI is InChI=1S/C12H19NO4/c1-12(2,3)17-11(15)13-9-6-5-8(7-9)10(14)16-4/h5-6,8-9H,7H2,1-4H3,(H,13,15). The average molecular weight is 241 g/mol. The summed E-state index contributed by atoms with van der Waals surface area (Å²) in [4.78, 5) is 22.7. The summed E-state index contributed by atoms with van der Waals surface area (Å²) in [6, 6.07) is -0.172. The molecule has 0 aromatic heterocycles. The van der Waals surface area contributed by atoms with Gasteiger partial charge in [-0.15, -0.1) is 0 Å². The van der Waals surface area contributed by atoms with Crippen molar-refractivity contribution >= 4 is 12.1 Å². The normalized spacial score (nSPS) is 23.3. The molecule has 0 saturated carbocycles.